The van der Waals surface area contributed by atoms with Crippen molar-refractivity contribution in [1.82, 2.24) is 31.1 Å². The minimum atomic E-state index is -0.979. The van der Waals surface area contributed by atoms with Crippen LogP contribution in [0.3, 0.4) is 0 Å². The lowest BCUT2D eigenvalue weighted by molar-refractivity contribution is -0.148. The summed E-state index contributed by atoms with van der Waals surface area (Å²) < 4.78 is 10.5. The van der Waals surface area contributed by atoms with Gasteiger partial charge in [-0.25, -0.2) is 0 Å². The van der Waals surface area contributed by atoms with Gasteiger partial charge in [0.1, 0.15) is 18.1 Å². The highest BCUT2D eigenvalue weighted by Gasteiger charge is 2.48. The zero-order valence-electron chi connectivity index (χ0n) is 33.0. The SMILES string of the molecule is COCCOCCNCCCCC(C(=O)N1CCC2(CCNC2=O)CC1)N1C(=O)[C@H](NC(=O)[C@@H](Cc2ccccc2)NC(=O)[C@H](N)Cc2ccccc2)CC1C. The van der Waals surface area contributed by atoms with Crippen LogP contribution in [-0.2, 0) is 46.3 Å². The van der Waals surface area contributed by atoms with Crippen LogP contribution in [0.25, 0.3) is 0 Å². The van der Waals surface area contributed by atoms with Crippen LogP contribution in [0.4, 0.5) is 0 Å². The van der Waals surface area contributed by atoms with Gasteiger partial charge in [-0.3, -0.25) is 24.0 Å². The first kappa shape index (κ1) is 42.8. The summed E-state index contributed by atoms with van der Waals surface area (Å²) in [6.45, 7) is 6.58. The molecule has 14 heteroatoms. The molecule has 0 radical (unpaired) electrons. The molecule has 14 nitrogen and oxygen atoms in total. The molecule has 0 aliphatic carbocycles. The number of nitrogens with one attached hydrogen (secondary N) is 4. The average molecular weight is 776 g/mol. The molecule has 0 bridgehead atoms. The summed E-state index contributed by atoms with van der Waals surface area (Å²) >= 11 is 0. The molecule has 6 N–H and O–H groups in total. The molecule has 3 fully saturated rings. The quantitative estimate of drug-likeness (QED) is 0.117. The number of hydrogen-bond acceptors (Lipinski definition) is 9. The molecular formula is C42H61N7O7. The standard InChI is InChI=1S/C42H61N7O7/c1-30-27-35(47-38(51)34(29-32-13-7-4-8-14-32)46-37(50)33(43)28-31-11-5-3-6-12-31)39(52)49(30)36(15-9-10-19-44-21-24-56-26-25-55-2)40(53)48-22-17-42(18-23-48)16-20-45-41(42)54/h3-8,11-14,30,33-36,44H,9-10,15-29,43H2,1-2H3,(H,45,54)(H,46,50)(H,47,51)/t30?,33-,34-,35-,36?/m1/s1. The van der Waals surface area contributed by atoms with Gasteiger partial charge in [-0.1, -0.05) is 60.7 Å². The van der Waals surface area contributed by atoms with E-state index in [1.54, 1.807) is 12.0 Å². The lowest BCUT2D eigenvalue weighted by Crippen LogP contribution is -2.57. The van der Waals surface area contributed by atoms with Crippen LogP contribution in [0.15, 0.2) is 60.7 Å². The fourth-order valence-corrected chi connectivity index (χ4v) is 8.15. The molecule has 306 valence electrons. The Kier molecular flexibility index (Phi) is 16.2. The molecule has 3 aliphatic rings. The third kappa shape index (κ3) is 11.6. The Morgan fingerprint density at radius 2 is 1.57 bits per heavy atom. The van der Waals surface area contributed by atoms with E-state index in [-0.39, 0.29) is 30.2 Å². The number of unbranched alkanes of at least 4 members (excludes halogenated alkanes) is 1. The van der Waals surface area contributed by atoms with E-state index in [0.717, 1.165) is 30.5 Å². The molecule has 1 spiro atoms. The van der Waals surface area contributed by atoms with Crippen molar-refractivity contribution >= 4 is 29.5 Å². The van der Waals surface area contributed by atoms with E-state index < -0.39 is 41.4 Å². The second-order valence-electron chi connectivity index (χ2n) is 15.4. The van der Waals surface area contributed by atoms with Crippen LogP contribution in [-0.4, -0.2) is 129 Å². The van der Waals surface area contributed by atoms with E-state index in [4.69, 9.17) is 15.2 Å². The number of rotatable bonds is 21. The van der Waals surface area contributed by atoms with E-state index in [1.165, 1.54) is 0 Å². The molecule has 2 aromatic carbocycles. The Hall–Kier alpha value is -4.37. The molecular weight excluding hydrogens is 715 g/mol. The fourth-order valence-electron chi connectivity index (χ4n) is 8.15. The monoisotopic (exact) mass is 775 g/mol. The maximum Gasteiger partial charge on any atom is 0.246 e. The maximum absolute atomic E-state index is 14.4. The van der Waals surface area contributed by atoms with Gasteiger partial charge < -0.3 is 46.3 Å². The number of methoxy groups -OCH3 is 1. The molecule has 3 saturated heterocycles. The fraction of sp³-hybridized carbons (Fsp3) is 0.595. The van der Waals surface area contributed by atoms with E-state index in [1.807, 2.05) is 72.5 Å². The summed E-state index contributed by atoms with van der Waals surface area (Å²) in [7, 11) is 1.64. The summed E-state index contributed by atoms with van der Waals surface area (Å²) in [6, 6.07) is 15.1. The van der Waals surface area contributed by atoms with Crippen LogP contribution in [0.2, 0.25) is 0 Å². The predicted molar refractivity (Wildman–Crippen MR) is 212 cm³/mol. The van der Waals surface area contributed by atoms with Crippen molar-refractivity contribution < 1.29 is 33.4 Å². The highest BCUT2D eigenvalue weighted by molar-refractivity contribution is 5.96. The van der Waals surface area contributed by atoms with Crippen LogP contribution < -0.4 is 27.0 Å². The molecule has 5 rings (SSSR count). The van der Waals surface area contributed by atoms with Gasteiger partial charge in [0.05, 0.1) is 31.3 Å². The minimum absolute atomic E-state index is 0.0691. The summed E-state index contributed by atoms with van der Waals surface area (Å²) in [4.78, 5) is 72.1. The zero-order valence-corrected chi connectivity index (χ0v) is 33.0. The van der Waals surface area contributed by atoms with Gasteiger partial charge in [-0.15, -0.1) is 0 Å². The topological polar surface area (TPSA) is 184 Å². The Bertz CT molecular complexity index is 1590. The molecule has 5 atom stereocenters. The lowest BCUT2D eigenvalue weighted by Gasteiger charge is -2.41. The molecule has 2 unspecified atom stereocenters. The number of carbonyl (C=O) groups is 5. The van der Waals surface area contributed by atoms with Crippen LogP contribution in [0.1, 0.15) is 63.0 Å². The summed E-state index contributed by atoms with van der Waals surface area (Å²) in [5.41, 5.74) is 7.62. The normalized spacial score (nSPS) is 20.8. The van der Waals surface area contributed by atoms with Crippen LogP contribution >= 0.6 is 0 Å². The van der Waals surface area contributed by atoms with Crippen LogP contribution in [0, 0.1) is 5.41 Å². The van der Waals surface area contributed by atoms with Gasteiger partial charge in [0, 0.05) is 45.8 Å². The van der Waals surface area contributed by atoms with Crippen molar-refractivity contribution in [2.45, 2.75) is 94.9 Å². The number of carbonyl (C=O) groups excluding carboxylic acids is 5. The van der Waals surface area contributed by atoms with E-state index in [2.05, 4.69) is 21.3 Å². The summed E-state index contributed by atoms with van der Waals surface area (Å²) in [5, 5.41) is 12.1. The molecule has 5 amide bonds. The van der Waals surface area contributed by atoms with E-state index >= 15 is 0 Å². The van der Waals surface area contributed by atoms with Crippen molar-refractivity contribution in [3.8, 4) is 0 Å². The van der Waals surface area contributed by atoms with E-state index in [9.17, 15) is 24.0 Å². The number of amides is 5. The Balaban J connectivity index is 1.24. The number of nitrogens with zero attached hydrogens (tertiary/aromatic N) is 2. The van der Waals surface area contributed by atoms with Gasteiger partial charge >= 0.3 is 0 Å². The Morgan fingerprint density at radius 3 is 2.21 bits per heavy atom. The molecule has 3 aliphatic heterocycles. The Labute approximate surface area is 331 Å². The largest absolute Gasteiger partial charge is 0.382 e. The second-order valence-corrected chi connectivity index (χ2v) is 15.4. The van der Waals surface area contributed by atoms with Crippen molar-refractivity contribution in [3.63, 3.8) is 0 Å². The number of likely N-dealkylation sites (tertiary alicyclic amines) is 2. The van der Waals surface area contributed by atoms with E-state index in [0.29, 0.717) is 84.5 Å². The first-order valence-corrected chi connectivity index (χ1v) is 20.2. The number of ether oxygens (including phenoxy) is 2. The number of nitrogens with two attached hydrogens (primary N) is 1. The smallest absolute Gasteiger partial charge is 0.246 e. The summed E-state index contributed by atoms with van der Waals surface area (Å²) in [6.07, 6.45) is 4.77. The number of piperidine rings is 1. The van der Waals surface area contributed by atoms with Gasteiger partial charge in [0.2, 0.25) is 29.5 Å². The lowest BCUT2D eigenvalue weighted by atomic mass is 9.77. The summed E-state index contributed by atoms with van der Waals surface area (Å²) in [5.74, 6) is -1.32. The first-order chi connectivity index (χ1) is 27.1. The molecule has 0 aromatic heterocycles. The molecule has 2 aromatic rings. The van der Waals surface area contributed by atoms with Crippen LogP contribution in [0.5, 0.6) is 0 Å². The molecule has 0 saturated carbocycles. The molecule has 56 heavy (non-hydrogen) atoms. The highest BCUT2D eigenvalue weighted by Crippen LogP contribution is 2.38. The minimum Gasteiger partial charge on any atom is -0.382 e. The van der Waals surface area contributed by atoms with Gasteiger partial charge in [-0.2, -0.15) is 0 Å². The third-order valence-corrected chi connectivity index (χ3v) is 11.4. The number of hydrogen-bond donors (Lipinski definition) is 5. The van der Waals surface area contributed by atoms with Crippen molar-refractivity contribution in [2.24, 2.45) is 11.1 Å². The highest BCUT2D eigenvalue weighted by atomic mass is 16.5. The zero-order chi connectivity index (χ0) is 39.9. The number of benzene rings is 2. The average Bonchev–Trinajstić information content (AvgIpc) is 3.69. The van der Waals surface area contributed by atoms with Gasteiger partial charge in [-0.05, 0) is 76.0 Å². The Morgan fingerprint density at radius 1 is 0.893 bits per heavy atom. The maximum atomic E-state index is 14.4. The first-order valence-electron chi connectivity index (χ1n) is 20.2. The van der Waals surface area contributed by atoms with Gasteiger partial charge in [0.25, 0.3) is 0 Å². The third-order valence-electron chi connectivity index (χ3n) is 11.4. The van der Waals surface area contributed by atoms with Crippen molar-refractivity contribution in [2.75, 3.05) is 59.7 Å². The van der Waals surface area contributed by atoms with Crippen molar-refractivity contribution in [3.05, 3.63) is 71.8 Å². The second kappa shape index (κ2) is 21.2. The predicted octanol–water partition coefficient (Wildman–Crippen LogP) is 1.31. The molecule has 3 heterocycles. The van der Waals surface area contributed by atoms with Crippen molar-refractivity contribution in [1.29, 1.82) is 0 Å². The van der Waals surface area contributed by atoms with Gasteiger partial charge in [0.15, 0.2) is 0 Å².